The summed E-state index contributed by atoms with van der Waals surface area (Å²) in [7, 11) is 0. The molecule has 0 N–H and O–H groups in total. The minimum atomic E-state index is 0.0347. The number of halogens is 1. The van der Waals surface area contributed by atoms with Gasteiger partial charge in [-0.05, 0) is 43.7 Å². The van der Waals surface area contributed by atoms with Crippen LogP contribution in [0.2, 0.25) is 0 Å². The number of benzene rings is 2. The van der Waals surface area contributed by atoms with E-state index in [4.69, 9.17) is 0 Å². The van der Waals surface area contributed by atoms with E-state index in [1.54, 1.807) is 4.90 Å². The van der Waals surface area contributed by atoms with Crippen LogP contribution in [-0.4, -0.2) is 12.5 Å². The number of hydrogen-bond acceptors (Lipinski definition) is 1. The number of nitrogens with zero attached hydrogens (tertiary/aromatic N) is 1. The van der Waals surface area contributed by atoms with Crippen LogP contribution in [0.15, 0.2) is 53.0 Å². The van der Waals surface area contributed by atoms with Gasteiger partial charge < -0.3 is 4.90 Å². The van der Waals surface area contributed by atoms with Crippen molar-refractivity contribution in [2.75, 3.05) is 11.4 Å². The molecule has 2 rings (SSSR count). The largest absolute Gasteiger partial charge is 0.309 e. The van der Waals surface area contributed by atoms with Gasteiger partial charge in [0.2, 0.25) is 0 Å². The summed E-state index contributed by atoms with van der Waals surface area (Å²) in [6.45, 7) is 4.59. The van der Waals surface area contributed by atoms with Gasteiger partial charge in [0, 0.05) is 22.3 Å². The Labute approximate surface area is 122 Å². The molecule has 0 fully saturated rings. The highest BCUT2D eigenvalue weighted by Gasteiger charge is 2.18. The van der Waals surface area contributed by atoms with Crippen LogP contribution < -0.4 is 4.90 Å². The smallest absolute Gasteiger partial charge is 0.258 e. The van der Waals surface area contributed by atoms with Crippen LogP contribution in [0.25, 0.3) is 0 Å². The Hall–Kier alpha value is -1.61. The lowest BCUT2D eigenvalue weighted by Crippen LogP contribution is -2.31. The lowest BCUT2D eigenvalue weighted by atomic mass is 10.1. The van der Waals surface area contributed by atoms with Gasteiger partial charge in [0.25, 0.3) is 5.91 Å². The first-order chi connectivity index (χ1) is 9.15. The third-order valence-corrected chi connectivity index (χ3v) is 3.99. The zero-order chi connectivity index (χ0) is 13.8. The van der Waals surface area contributed by atoms with Gasteiger partial charge in [-0.15, -0.1) is 0 Å². The number of rotatable bonds is 3. The van der Waals surface area contributed by atoms with Crippen LogP contribution in [0.1, 0.15) is 22.8 Å². The zero-order valence-electron chi connectivity index (χ0n) is 11.1. The van der Waals surface area contributed by atoms with Crippen molar-refractivity contribution in [1.82, 2.24) is 0 Å². The highest BCUT2D eigenvalue weighted by atomic mass is 79.9. The lowest BCUT2D eigenvalue weighted by Gasteiger charge is -2.22. The first kappa shape index (κ1) is 13.8. The van der Waals surface area contributed by atoms with E-state index < -0.39 is 0 Å². The monoisotopic (exact) mass is 317 g/mol. The summed E-state index contributed by atoms with van der Waals surface area (Å²) < 4.78 is 0.961. The van der Waals surface area contributed by atoms with E-state index in [2.05, 4.69) is 15.9 Å². The summed E-state index contributed by atoms with van der Waals surface area (Å²) in [4.78, 5) is 14.4. The van der Waals surface area contributed by atoms with Gasteiger partial charge in [0.15, 0.2) is 0 Å². The lowest BCUT2D eigenvalue weighted by molar-refractivity contribution is 0.0987. The molecule has 0 bridgehead atoms. The molecule has 2 aromatic rings. The SMILES string of the molecule is CCN(C(=O)c1cccc(Br)c1C)c1ccccc1. The van der Waals surface area contributed by atoms with Crippen molar-refractivity contribution in [3.63, 3.8) is 0 Å². The van der Waals surface area contributed by atoms with Crippen LogP contribution in [0.4, 0.5) is 5.69 Å². The van der Waals surface area contributed by atoms with Crippen LogP contribution in [-0.2, 0) is 0 Å². The molecule has 0 aliphatic carbocycles. The number of carbonyl (C=O) groups is 1. The average Bonchev–Trinajstić information content (AvgIpc) is 2.44. The molecule has 0 aliphatic heterocycles. The number of anilines is 1. The Morgan fingerprint density at radius 3 is 2.42 bits per heavy atom. The maximum Gasteiger partial charge on any atom is 0.258 e. The van der Waals surface area contributed by atoms with Gasteiger partial charge in [-0.25, -0.2) is 0 Å². The molecule has 0 aromatic heterocycles. The van der Waals surface area contributed by atoms with Crippen molar-refractivity contribution >= 4 is 27.5 Å². The second kappa shape index (κ2) is 6.02. The first-order valence-corrected chi connectivity index (χ1v) is 7.06. The molecular formula is C16H16BrNO. The average molecular weight is 318 g/mol. The molecule has 0 saturated carbocycles. The van der Waals surface area contributed by atoms with Crippen LogP contribution in [0.3, 0.4) is 0 Å². The highest BCUT2D eigenvalue weighted by Crippen LogP contribution is 2.23. The van der Waals surface area contributed by atoms with E-state index in [0.717, 1.165) is 21.3 Å². The van der Waals surface area contributed by atoms with E-state index in [-0.39, 0.29) is 5.91 Å². The fourth-order valence-corrected chi connectivity index (χ4v) is 2.40. The van der Waals surface area contributed by atoms with Crippen LogP contribution >= 0.6 is 15.9 Å². The molecule has 2 nitrogen and oxygen atoms in total. The third-order valence-electron chi connectivity index (χ3n) is 3.13. The minimum Gasteiger partial charge on any atom is -0.309 e. The predicted molar refractivity (Wildman–Crippen MR) is 82.7 cm³/mol. The maximum atomic E-state index is 12.7. The van der Waals surface area contributed by atoms with Gasteiger partial charge in [-0.1, -0.05) is 40.2 Å². The molecule has 0 atom stereocenters. The summed E-state index contributed by atoms with van der Waals surface area (Å²) in [6, 6.07) is 15.5. The van der Waals surface area contributed by atoms with Gasteiger partial charge in [0.1, 0.15) is 0 Å². The Morgan fingerprint density at radius 2 is 1.79 bits per heavy atom. The van der Waals surface area contributed by atoms with Crippen molar-refractivity contribution in [1.29, 1.82) is 0 Å². The first-order valence-electron chi connectivity index (χ1n) is 6.27. The van der Waals surface area contributed by atoms with Crippen LogP contribution in [0.5, 0.6) is 0 Å². The van der Waals surface area contributed by atoms with Crippen molar-refractivity contribution < 1.29 is 4.79 Å². The molecule has 2 aromatic carbocycles. The molecule has 0 aliphatic rings. The summed E-state index contributed by atoms with van der Waals surface area (Å²) in [5, 5.41) is 0. The van der Waals surface area contributed by atoms with Crippen molar-refractivity contribution in [2.24, 2.45) is 0 Å². The molecule has 1 amide bonds. The quantitative estimate of drug-likeness (QED) is 0.820. The fraction of sp³-hybridized carbons (Fsp3) is 0.188. The normalized spacial score (nSPS) is 10.3. The molecule has 98 valence electrons. The van der Waals surface area contributed by atoms with Gasteiger partial charge >= 0.3 is 0 Å². The summed E-state index contributed by atoms with van der Waals surface area (Å²) in [6.07, 6.45) is 0. The van der Waals surface area contributed by atoms with Gasteiger partial charge in [-0.3, -0.25) is 4.79 Å². The van der Waals surface area contributed by atoms with E-state index >= 15 is 0 Å². The standard InChI is InChI=1S/C16H16BrNO/c1-3-18(13-8-5-4-6-9-13)16(19)14-10-7-11-15(17)12(14)2/h4-11H,3H2,1-2H3. The molecule has 0 heterocycles. The Morgan fingerprint density at radius 1 is 1.11 bits per heavy atom. The topological polar surface area (TPSA) is 20.3 Å². The summed E-state index contributed by atoms with van der Waals surface area (Å²) >= 11 is 3.47. The second-order valence-corrected chi connectivity index (χ2v) is 5.15. The predicted octanol–water partition coefficient (Wildman–Crippen LogP) is 4.42. The van der Waals surface area contributed by atoms with Gasteiger partial charge in [0.05, 0.1) is 0 Å². The Bertz CT molecular complexity index is 581. The van der Waals surface area contributed by atoms with Crippen LogP contribution in [0, 0.1) is 6.92 Å². The minimum absolute atomic E-state index is 0.0347. The Kier molecular flexibility index (Phi) is 4.38. The van der Waals surface area contributed by atoms with Gasteiger partial charge in [-0.2, -0.15) is 0 Å². The summed E-state index contributed by atoms with van der Waals surface area (Å²) in [5.41, 5.74) is 2.64. The highest BCUT2D eigenvalue weighted by molar-refractivity contribution is 9.10. The van der Waals surface area contributed by atoms with E-state index in [1.165, 1.54) is 0 Å². The second-order valence-electron chi connectivity index (χ2n) is 4.30. The molecule has 3 heteroatoms. The molecule has 0 unspecified atom stereocenters. The maximum absolute atomic E-state index is 12.7. The number of para-hydroxylation sites is 1. The number of hydrogen-bond donors (Lipinski definition) is 0. The van der Waals surface area contributed by atoms with E-state index in [1.807, 2.05) is 62.4 Å². The zero-order valence-corrected chi connectivity index (χ0v) is 12.6. The number of carbonyl (C=O) groups excluding carboxylic acids is 1. The van der Waals surface area contributed by atoms with E-state index in [9.17, 15) is 4.79 Å². The molecular weight excluding hydrogens is 302 g/mol. The van der Waals surface area contributed by atoms with E-state index in [0.29, 0.717) is 6.54 Å². The summed E-state index contributed by atoms with van der Waals surface area (Å²) in [5.74, 6) is 0.0347. The fourth-order valence-electron chi connectivity index (χ4n) is 2.04. The molecule has 0 spiro atoms. The van der Waals surface area contributed by atoms with Crippen molar-refractivity contribution in [3.05, 3.63) is 64.1 Å². The van der Waals surface area contributed by atoms with Crippen molar-refractivity contribution in [3.8, 4) is 0 Å². The molecule has 19 heavy (non-hydrogen) atoms. The number of amides is 1. The third kappa shape index (κ3) is 2.87. The van der Waals surface area contributed by atoms with Crippen molar-refractivity contribution in [2.45, 2.75) is 13.8 Å². The molecule has 0 radical (unpaired) electrons. The Balaban J connectivity index is 2.39. The molecule has 0 saturated heterocycles.